The van der Waals surface area contributed by atoms with Crippen LogP contribution >= 0.6 is 15.9 Å². The number of carbonyl (C=O) groups excluding carboxylic acids is 1. The number of nitrogens with zero attached hydrogens (tertiary/aromatic N) is 3. The van der Waals surface area contributed by atoms with Gasteiger partial charge in [-0.05, 0) is 55.3 Å². The molecule has 1 amide bonds. The van der Waals surface area contributed by atoms with E-state index in [2.05, 4.69) is 20.9 Å². The number of rotatable bonds is 2. The number of sulfonamides is 1. The zero-order valence-corrected chi connectivity index (χ0v) is 18.1. The van der Waals surface area contributed by atoms with Crippen molar-refractivity contribution in [2.45, 2.75) is 49.8 Å². The molecular formula is C17H21BrN4O5S. The molecule has 1 aromatic carbocycles. The monoisotopic (exact) mass is 472 g/mol. The molecule has 28 heavy (non-hydrogen) atoms. The number of halogens is 1. The molecule has 0 aliphatic carbocycles. The normalized spacial score (nSPS) is 22.3. The van der Waals surface area contributed by atoms with Crippen LogP contribution in [0.4, 0.5) is 10.8 Å². The van der Waals surface area contributed by atoms with Gasteiger partial charge in [-0.15, -0.1) is 0 Å². The van der Waals surface area contributed by atoms with Gasteiger partial charge in [-0.1, -0.05) is 0 Å². The van der Waals surface area contributed by atoms with Gasteiger partial charge in [-0.25, -0.2) is 18.4 Å². The lowest BCUT2D eigenvalue weighted by atomic mass is 9.88. The minimum atomic E-state index is -3.85. The first-order valence-corrected chi connectivity index (χ1v) is 11.2. The Balaban J connectivity index is 1.55. The lowest BCUT2D eigenvalue weighted by molar-refractivity contribution is -0.0386. The summed E-state index contributed by atoms with van der Waals surface area (Å²) >= 11 is 3.31. The fourth-order valence-electron chi connectivity index (χ4n) is 3.63. The highest BCUT2D eigenvalue weighted by atomic mass is 79.9. The highest BCUT2D eigenvalue weighted by molar-refractivity contribution is 9.10. The van der Waals surface area contributed by atoms with E-state index in [1.165, 1.54) is 12.1 Å². The van der Waals surface area contributed by atoms with Gasteiger partial charge in [0.2, 0.25) is 10.0 Å². The maximum Gasteiger partial charge on any atom is 0.410 e. The molecule has 2 atom stereocenters. The number of amides is 1. The summed E-state index contributed by atoms with van der Waals surface area (Å²) in [6.07, 6.45) is 0.612. The Labute approximate surface area is 171 Å². The minimum absolute atomic E-state index is 0.0343. The second-order valence-corrected chi connectivity index (χ2v) is 10.5. The van der Waals surface area contributed by atoms with Crippen LogP contribution in [0.2, 0.25) is 0 Å². The molecule has 0 spiro atoms. The molecule has 3 aliphatic heterocycles. The Hall–Kier alpha value is -1.85. The molecule has 2 bridgehead atoms. The number of primary sulfonamides is 1. The summed E-state index contributed by atoms with van der Waals surface area (Å²) in [7, 11) is -3.85. The number of benzene rings is 1. The quantitative estimate of drug-likeness (QED) is 0.712. The third-order valence-corrected chi connectivity index (χ3v) is 6.29. The van der Waals surface area contributed by atoms with Crippen LogP contribution in [0, 0.1) is 0 Å². The van der Waals surface area contributed by atoms with E-state index in [-0.39, 0.29) is 23.1 Å². The molecule has 3 aliphatic rings. The summed E-state index contributed by atoms with van der Waals surface area (Å²) in [5.74, 6) is 0. The van der Waals surface area contributed by atoms with Crippen molar-refractivity contribution >= 4 is 49.2 Å². The van der Waals surface area contributed by atoms with Gasteiger partial charge < -0.3 is 14.1 Å². The molecule has 5 rings (SSSR count). The summed E-state index contributed by atoms with van der Waals surface area (Å²) in [4.78, 5) is 20.5. The molecule has 2 aromatic rings. The third-order valence-electron chi connectivity index (χ3n) is 4.80. The van der Waals surface area contributed by atoms with Crippen molar-refractivity contribution in [1.82, 2.24) is 9.88 Å². The number of ether oxygens (including phenoxy) is 1. The van der Waals surface area contributed by atoms with Gasteiger partial charge in [0.25, 0.3) is 6.01 Å². The van der Waals surface area contributed by atoms with Gasteiger partial charge in [-0.2, -0.15) is 4.98 Å². The number of hydrogen-bond acceptors (Lipinski definition) is 7. The van der Waals surface area contributed by atoms with Crippen molar-refractivity contribution < 1.29 is 22.4 Å². The second kappa shape index (κ2) is 6.33. The number of aromatic nitrogens is 1. The summed E-state index contributed by atoms with van der Waals surface area (Å²) in [5, 5.41) is 5.21. The predicted molar refractivity (Wildman–Crippen MR) is 106 cm³/mol. The zero-order chi connectivity index (χ0) is 20.4. The Morgan fingerprint density at radius 3 is 2.54 bits per heavy atom. The summed E-state index contributed by atoms with van der Waals surface area (Å²) < 4.78 is 35.0. The van der Waals surface area contributed by atoms with E-state index < -0.39 is 15.6 Å². The van der Waals surface area contributed by atoms with Crippen LogP contribution in [-0.2, 0) is 14.8 Å². The maximum atomic E-state index is 12.4. The lowest BCUT2D eigenvalue weighted by Crippen LogP contribution is -2.70. The van der Waals surface area contributed by atoms with Crippen molar-refractivity contribution in [1.29, 1.82) is 0 Å². The molecular weight excluding hydrogens is 452 g/mol. The number of anilines is 1. The standard InChI is InChI=1S/C17H21BrN4O5S/c1-17(2,3)27-16(23)22-9-4-10(22)8-21(7-9)15-20-13-6-11(28(19,24)25)5-12(18)14(13)26-15/h5-6,9-10H,4,7-8H2,1-3H3,(H2,19,24,25). The van der Waals surface area contributed by atoms with E-state index in [9.17, 15) is 13.2 Å². The van der Waals surface area contributed by atoms with Gasteiger partial charge in [0, 0.05) is 13.1 Å². The van der Waals surface area contributed by atoms with Crippen LogP contribution in [0.25, 0.3) is 11.1 Å². The molecule has 11 heteroatoms. The van der Waals surface area contributed by atoms with Gasteiger partial charge >= 0.3 is 6.09 Å². The molecule has 2 unspecified atom stereocenters. The van der Waals surface area contributed by atoms with E-state index in [1.54, 1.807) is 4.90 Å². The van der Waals surface area contributed by atoms with Crippen LogP contribution in [0.1, 0.15) is 27.2 Å². The van der Waals surface area contributed by atoms with Gasteiger partial charge in [0.05, 0.1) is 21.5 Å². The van der Waals surface area contributed by atoms with E-state index in [4.69, 9.17) is 14.3 Å². The molecule has 3 saturated heterocycles. The summed E-state index contributed by atoms with van der Waals surface area (Å²) in [6.45, 7) is 6.68. The fraction of sp³-hybridized carbons (Fsp3) is 0.529. The second-order valence-electron chi connectivity index (χ2n) is 8.13. The van der Waals surface area contributed by atoms with Crippen molar-refractivity contribution in [2.75, 3.05) is 18.0 Å². The lowest BCUT2D eigenvalue weighted by Gasteiger charge is -2.55. The highest BCUT2D eigenvalue weighted by Gasteiger charge is 2.49. The van der Waals surface area contributed by atoms with Gasteiger partial charge in [0.15, 0.2) is 5.58 Å². The summed E-state index contributed by atoms with van der Waals surface area (Å²) in [6, 6.07) is 3.24. The average Bonchev–Trinajstić information content (AvgIpc) is 2.97. The first kappa shape index (κ1) is 19.5. The molecule has 152 valence electrons. The smallest absolute Gasteiger partial charge is 0.410 e. The van der Waals surface area contributed by atoms with Crippen molar-refractivity contribution in [3.05, 3.63) is 16.6 Å². The van der Waals surface area contributed by atoms with Crippen LogP contribution in [0.5, 0.6) is 0 Å². The van der Waals surface area contributed by atoms with Crippen molar-refractivity contribution in [3.63, 3.8) is 0 Å². The number of oxazole rings is 1. The number of fused-ring (bicyclic) bond motifs is 3. The first-order chi connectivity index (χ1) is 12.9. The minimum Gasteiger partial charge on any atom is -0.444 e. The average molecular weight is 473 g/mol. The van der Waals surface area contributed by atoms with E-state index >= 15 is 0 Å². The maximum absolute atomic E-state index is 12.4. The molecule has 4 heterocycles. The summed E-state index contributed by atoms with van der Waals surface area (Å²) in [5.41, 5.74) is 0.316. The van der Waals surface area contributed by atoms with Crippen LogP contribution in [0.3, 0.4) is 0 Å². The number of hydrogen-bond donors (Lipinski definition) is 1. The van der Waals surface area contributed by atoms with E-state index in [0.29, 0.717) is 34.7 Å². The number of carbonyl (C=O) groups is 1. The van der Waals surface area contributed by atoms with Crippen LogP contribution < -0.4 is 10.0 Å². The van der Waals surface area contributed by atoms with E-state index in [1.807, 2.05) is 25.7 Å². The largest absolute Gasteiger partial charge is 0.444 e. The molecule has 0 saturated carbocycles. The van der Waals surface area contributed by atoms with E-state index in [0.717, 1.165) is 6.42 Å². The molecule has 3 fully saturated rings. The molecule has 9 nitrogen and oxygen atoms in total. The fourth-order valence-corrected chi connectivity index (χ4v) is 4.87. The number of nitrogens with two attached hydrogens (primary N) is 1. The van der Waals surface area contributed by atoms with Gasteiger partial charge in [0.1, 0.15) is 11.1 Å². The number of piperazine rings is 1. The SMILES string of the molecule is CC(C)(C)OC(=O)N1C2CC1CN(c1nc3cc(S(N)(=O)=O)cc(Br)c3o1)C2. The zero-order valence-electron chi connectivity index (χ0n) is 15.7. The predicted octanol–water partition coefficient (Wildman–Crippen LogP) is 2.44. The number of piperidine rings is 1. The molecule has 1 aromatic heterocycles. The van der Waals surface area contributed by atoms with Crippen molar-refractivity contribution in [2.24, 2.45) is 5.14 Å². The Bertz CT molecular complexity index is 1050. The Morgan fingerprint density at radius 1 is 1.32 bits per heavy atom. The first-order valence-electron chi connectivity index (χ1n) is 8.81. The Kier molecular flexibility index (Phi) is 4.40. The molecule has 2 N–H and O–H groups in total. The van der Waals surface area contributed by atoms with Gasteiger partial charge in [-0.3, -0.25) is 4.90 Å². The molecule has 0 radical (unpaired) electrons. The van der Waals surface area contributed by atoms with Crippen LogP contribution in [0.15, 0.2) is 25.9 Å². The Morgan fingerprint density at radius 2 is 1.96 bits per heavy atom. The third kappa shape index (κ3) is 3.46. The van der Waals surface area contributed by atoms with Crippen molar-refractivity contribution in [3.8, 4) is 0 Å². The van der Waals surface area contributed by atoms with Crippen LogP contribution in [-0.4, -0.2) is 55.2 Å². The highest BCUT2D eigenvalue weighted by Crippen LogP contribution is 2.37. The topological polar surface area (TPSA) is 119 Å².